The SMILES string of the molecule is CCCC(C)N(C)CC(O)c1ccc(OC)cc1OC. The zero-order valence-corrected chi connectivity index (χ0v) is 13.2. The minimum atomic E-state index is -0.569. The summed E-state index contributed by atoms with van der Waals surface area (Å²) in [5, 5.41) is 10.4. The summed E-state index contributed by atoms with van der Waals surface area (Å²) < 4.78 is 10.5. The summed E-state index contributed by atoms with van der Waals surface area (Å²) in [7, 11) is 5.26. The zero-order valence-electron chi connectivity index (χ0n) is 13.2. The highest BCUT2D eigenvalue weighted by molar-refractivity contribution is 5.42. The molecule has 0 aliphatic rings. The normalized spacial score (nSPS) is 14.2. The molecule has 0 spiro atoms. The van der Waals surface area contributed by atoms with E-state index < -0.39 is 6.10 Å². The van der Waals surface area contributed by atoms with Crippen LogP contribution in [0, 0.1) is 0 Å². The fraction of sp³-hybridized carbons (Fsp3) is 0.625. The Morgan fingerprint density at radius 3 is 2.50 bits per heavy atom. The standard InChI is InChI=1S/C16H27NO3/c1-6-7-12(2)17(3)11-15(18)14-9-8-13(19-4)10-16(14)20-5/h8-10,12,15,18H,6-7,11H2,1-5H3. The molecule has 1 aromatic carbocycles. The van der Waals surface area contributed by atoms with E-state index in [9.17, 15) is 5.11 Å². The van der Waals surface area contributed by atoms with Crippen LogP contribution in [0.3, 0.4) is 0 Å². The summed E-state index contributed by atoms with van der Waals surface area (Å²) in [5.74, 6) is 1.39. The Bertz CT molecular complexity index is 409. The van der Waals surface area contributed by atoms with Gasteiger partial charge in [-0.05, 0) is 32.5 Å². The van der Waals surface area contributed by atoms with Gasteiger partial charge in [-0.3, -0.25) is 0 Å². The third kappa shape index (κ3) is 4.39. The number of rotatable bonds is 8. The maximum atomic E-state index is 10.4. The van der Waals surface area contributed by atoms with Gasteiger partial charge >= 0.3 is 0 Å². The molecule has 114 valence electrons. The lowest BCUT2D eigenvalue weighted by atomic mass is 10.1. The summed E-state index contributed by atoms with van der Waals surface area (Å²) in [6.45, 7) is 4.94. The van der Waals surface area contributed by atoms with E-state index in [1.54, 1.807) is 20.3 Å². The number of methoxy groups -OCH3 is 2. The van der Waals surface area contributed by atoms with E-state index >= 15 is 0 Å². The first-order valence-electron chi connectivity index (χ1n) is 7.13. The lowest BCUT2D eigenvalue weighted by Gasteiger charge is -2.27. The van der Waals surface area contributed by atoms with Crippen LogP contribution in [0.2, 0.25) is 0 Å². The van der Waals surface area contributed by atoms with Gasteiger partial charge in [-0.15, -0.1) is 0 Å². The van der Waals surface area contributed by atoms with Crippen molar-refractivity contribution in [2.75, 3.05) is 27.8 Å². The maximum Gasteiger partial charge on any atom is 0.128 e. The van der Waals surface area contributed by atoms with Crippen LogP contribution in [0.15, 0.2) is 18.2 Å². The predicted molar refractivity (Wildman–Crippen MR) is 81.5 cm³/mol. The molecule has 0 amide bonds. The molecule has 1 N–H and O–H groups in total. The predicted octanol–water partition coefficient (Wildman–Crippen LogP) is 2.86. The fourth-order valence-corrected chi connectivity index (χ4v) is 2.28. The van der Waals surface area contributed by atoms with Crippen molar-refractivity contribution in [3.05, 3.63) is 23.8 Å². The monoisotopic (exact) mass is 281 g/mol. The second-order valence-corrected chi connectivity index (χ2v) is 5.20. The molecular formula is C16H27NO3. The number of likely N-dealkylation sites (N-methyl/N-ethyl adjacent to an activating group) is 1. The minimum absolute atomic E-state index is 0.457. The first kappa shape index (κ1) is 16.8. The Morgan fingerprint density at radius 1 is 1.25 bits per heavy atom. The van der Waals surface area contributed by atoms with Gasteiger partial charge in [0.25, 0.3) is 0 Å². The van der Waals surface area contributed by atoms with Crippen molar-refractivity contribution in [3.63, 3.8) is 0 Å². The van der Waals surface area contributed by atoms with Crippen LogP contribution in [-0.4, -0.2) is 43.9 Å². The van der Waals surface area contributed by atoms with Gasteiger partial charge in [0.15, 0.2) is 0 Å². The number of aliphatic hydroxyl groups is 1. The van der Waals surface area contributed by atoms with Gasteiger partial charge in [0, 0.05) is 24.2 Å². The highest BCUT2D eigenvalue weighted by Crippen LogP contribution is 2.30. The van der Waals surface area contributed by atoms with Crippen molar-refractivity contribution in [1.82, 2.24) is 4.90 Å². The average Bonchev–Trinajstić information content (AvgIpc) is 2.46. The van der Waals surface area contributed by atoms with Crippen LogP contribution in [0.25, 0.3) is 0 Å². The van der Waals surface area contributed by atoms with E-state index in [0.717, 1.165) is 24.2 Å². The molecule has 0 bridgehead atoms. The van der Waals surface area contributed by atoms with Crippen molar-refractivity contribution in [3.8, 4) is 11.5 Å². The zero-order chi connectivity index (χ0) is 15.1. The van der Waals surface area contributed by atoms with Crippen LogP contribution >= 0.6 is 0 Å². The number of benzene rings is 1. The van der Waals surface area contributed by atoms with Gasteiger partial charge in [0.2, 0.25) is 0 Å². The lowest BCUT2D eigenvalue weighted by molar-refractivity contribution is 0.103. The van der Waals surface area contributed by atoms with Crippen LogP contribution in [0.1, 0.15) is 38.4 Å². The van der Waals surface area contributed by atoms with E-state index in [1.165, 1.54) is 0 Å². The largest absolute Gasteiger partial charge is 0.497 e. The summed E-state index contributed by atoms with van der Waals surface area (Å²) in [6.07, 6.45) is 1.70. The number of aliphatic hydroxyl groups excluding tert-OH is 1. The Morgan fingerprint density at radius 2 is 1.95 bits per heavy atom. The first-order valence-corrected chi connectivity index (χ1v) is 7.13. The van der Waals surface area contributed by atoms with Crippen molar-refractivity contribution in [2.24, 2.45) is 0 Å². The average molecular weight is 281 g/mol. The van der Waals surface area contributed by atoms with Crippen molar-refractivity contribution < 1.29 is 14.6 Å². The Labute approximate surface area is 122 Å². The van der Waals surface area contributed by atoms with Gasteiger partial charge in [-0.25, -0.2) is 0 Å². The summed E-state index contributed by atoms with van der Waals surface area (Å²) in [6, 6.07) is 5.96. The van der Waals surface area contributed by atoms with Crippen molar-refractivity contribution in [2.45, 2.75) is 38.8 Å². The van der Waals surface area contributed by atoms with Crippen LogP contribution in [0.4, 0.5) is 0 Å². The molecule has 0 saturated heterocycles. The Kier molecular flexibility index (Phi) is 6.82. The van der Waals surface area contributed by atoms with Crippen LogP contribution in [-0.2, 0) is 0 Å². The molecule has 0 saturated carbocycles. The maximum absolute atomic E-state index is 10.4. The fourth-order valence-electron chi connectivity index (χ4n) is 2.28. The summed E-state index contributed by atoms with van der Waals surface area (Å²) in [5.41, 5.74) is 0.795. The van der Waals surface area contributed by atoms with Gasteiger partial charge < -0.3 is 19.5 Å². The Hall–Kier alpha value is -1.26. The first-order chi connectivity index (χ1) is 9.53. The second-order valence-electron chi connectivity index (χ2n) is 5.20. The third-order valence-electron chi connectivity index (χ3n) is 3.72. The molecule has 0 aliphatic carbocycles. The molecule has 0 fully saturated rings. The highest BCUT2D eigenvalue weighted by Gasteiger charge is 2.18. The van der Waals surface area contributed by atoms with E-state index in [1.807, 2.05) is 19.2 Å². The molecule has 4 heteroatoms. The second kappa shape index (κ2) is 8.12. The molecule has 2 atom stereocenters. The summed E-state index contributed by atoms with van der Waals surface area (Å²) in [4.78, 5) is 2.18. The lowest BCUT2D eigenvalue weighted by Crippen LogP contribution is -2.32. The van der Waals surface area contributed by atoms with Crippen LogP contribution in [0.5, 0.6) is 11.5 Å². The molecule has 1 rings (SSSR count). The molecule has 0 aromatic heterocycles. The molecular weight excluding hydrogens is 254 g/mol. The van der Waals surface area contributed by atoms with Gasteiger partial charge in [0.05, 0.1) is 20.3 Å². The molecule has 4 nitrogen and oxygen atoms in total. The molecule has 0 heterocycles. The molecule has 2 unspecified atom stereocenters. The minimum Gasteiger partial charge on any atom is -0.497 e. The van der Waals surface area contributed by atoms with E-state index in [4.69, 9.17) is 9.47 Å². The van der Waals surface area contributed by atoms with Crippen LogP contribution < -0.4 is 9.47 Å². The van der Waals surface area contributed by atoms with Crippen molar-refractivity contribution >= 4 is 0 Å². The molecule has 1 aromatic rings. The van der Waals surface area contributed by atoms with Gasteiger partial charge in [-0.1, -0.05) is 13.3 Å². The third-order valence-corrected chi connectivity index (χ3v) is 3.72. The number of hydrogen-bond donors (Lipinski definition) is 1. The Balaban J connectivity index is 2.78. The van der Waals surface area contributed by atoms with Gasteiger partial charge in [-0.2, -0.15) is 0 Å². The number of nitrogens with zero attached hydrogens (tertiary/aromatic N) is 1. The van der Waals surface area contributed by atoms with Crippen molar-refractivity contribution in [1.29, 1.82) is 0 Å². The highest BCUT2D eigenvalue weighted by atomic mass is 16.5. The quantitative estimate of drug-likeness (QED) is 0.795. The summed E-state index contributed by atoms with van der Waals surface area (Å²) >= 11 is 0. The molecule has 0 aliphatic heterocycles. The molecule has 0 radical (unpaired) electrons. The topological polar surface area (TPSA) is 41.9 Å². The van der Waals surface area contributed by atoms with E-state index in [2.05, 4.69) is 18.7 Å². The van der Waals surface area contributed by atoms with Gasteiger partial charge in [0.1, 0.15) is 11.5 Å². The van der Waals surface area contributed by atoms with E-state index in [-0.39, 0.29) is 0 Å². The van der Waals surface area contributed by atoms with E-state index in [0.29, 0.717) is 18.3 Å². The molecule has 20 heavy (non-hydrogen) atoms. The number of ether oxygens (including phenoxy) is 2. The number of hydrogen-bond acceptors (Lipinski definition) is 4. The smallest absolute Gasteiger partial charge is 0.128 e.